The van der Waals surface area contributed by atoms with Gasteiger partial charge in [-0.2, -0.15) is 0 Å². The molecule has 5 N–H and O–H groups in total. The smallest absolute Gasteiger partial charge is 0.462 e. The molecule has 0 amide bonds. The molecule has 0 spiro atoms. The topological polar surface area (TPSA) is 216 Å². The Kier molecular flexibility index (Phi) is 39.8. The van der Waals surface area contributed by atoms with Gasteiger partial charge in [-0.25, -0.2) is 9.13 Å². The minimum Gasteiger partial charge on any atom is -0.462 e. The van der Waals surface area contributed by atoms with Gasteiger partial charge in [0.25, 0.3) is 0 Å². The van der Waals surface area contributed by atoms with Gasteiger partial charge in [0, 0.05) is 12.8 Å². The second-order valence-corrected chi connectivity index (χ2v) is 17.1. The lowest BCUT2D eigenvalue weighted by Crippen LogP contribution is -2.29. The van der Waals surface area contributed by atoms with Gasteiger partial charge in [0.15, 0.2) is 6.10 Å². The van der Waals surface area contributed by atoms with Crippen LogP contribution < -0.4 is 0 Å². The zero-order valence-electron chi connectivity index (χ0n) is 37.9. The molecule has 0 rings (SSSR count). The lowest BCUT2D eigenvalue weighted by atomic mass is 10.1. The maximum absolute atomic E-state index is 12.7. The highest BCUT2D eigenvalue weighted by Crippen LogP contribution is 2.43. The molecule has 362 valence electrons. The molecule has 0 saturated heterocycles. The first-order chi connectivity index (χ1) is 30.8. The molecule has 0 heterocycles. The van der Waals surface area contributed by atoms with Crippen LogP contribution in [0.15, 0.2) is 122 Å². The third-order valence-electron chi connectivity index (χ3n) is 8.49. The monoisotopic (exact) mass is 938 g/mol. The fourth-order valence-corrected chi connectivity index (χ4v) is 6.16. The second-order valence-electron chi connectivity index (χ2n) is 14.4. The van der Waals surface area contributed by atoms with Gasteiger partial charge >= 0.3 is 27.6 Å². The lowest BCUT2D eigenvalue weighted by molar-refractivity contribution is -0.161. The molecule has 0 aromatic carbocycles. The SMILES string of the molecule is CC/C=C\C/C=C\C/C=C\C/C=C\C/C=C\CCCCCC(=O)OC[C@H](COP(=O)(O)OC[C@@H](O)COP(=O)(O)O)OC(=O)CCC/C=C\C/C=C\C/C=C\C/C=C\C=C\[C@H](O)CC. The van der Waals surface area contributed by atoms with E-state index in [9.17, 15) is 33.8 Å². The molecular weight excluding hydrogens is 862 g/mol. The number of hydrogen-bond acceptors (Lipinski definition) is 11. The van der Waals surface area contributed by atoms with Crippen LogP contribution in [0.2, 0.25) is 0 Å². The minimum atomic E-state index is -4.89. The molecule has 16 heteroatoms. The van der Waals surface area contributed by atoms with Crippen LogP contribution in [0.4, 0.5) is 0 Å². The standard InChI is InChI=1S/C48H76O14P2/c1-3-5-6-7-8-9-10-11-12-13-14-15-16-20-23-26-29-32-35-38-47(51)58-42-46(43-61-64(56,57)60-41-45(50)40-59-63(53,54)55)62-48(52)39-36-33-30-27-24-21-18-17-19-22-25-28-31-34-37-44(49)4-2/h5-6,8-9,11-12,14-15,18-23,27-28,30-31,34,37,44-46,49-50H,3-4,7,10,13,16-17,24-26,29,32-33,35-36,38-43H2,1-2H3,(H,56,57)(H2,53,54,55)/b6-5-,9-8-,12-11-,15-14-,21-18-,22-19-,23-20-,30-27-,31-28-,37-34+/t44-,45+,46-/m1/s1. The number of carbonyl (C=O) groups excluding carboxylic acids is 2. The molecule has 0 aliphatic carbocycles. The molecule has 64 heavy (non-hydrogen) atoms. The summed E-state index contributed by atoms with van der Waals surface area (Å²) in [6.45, 7) is 1.18. The first-order valence-corrected chi connectivity index (χ1v) is 25.4. The molecule has 1 unspecified atom stereocenters. The highest BCUT2D eigenvalue weighted by Gasteiger charge is 2.28. The Labute approximate surface area is 382 Å². The van der Waals surface area contributed by atoms with E-state index in [0.29, 0.717) is 25.7 Å². The van der Waals surface area contributed by atoms with Crippen molar-refractivity contribution < 1.29 is 66.7 Å². The van der Waals surface area contributed by atoms with Crippen molar-refractivity contribution in [3.63, 3.8) is 0 Å². The fraction of sp³-hybridized carbons (Fsp3) is 0.542. The van der Waals surface area contributed by atoms with E-state index in [1.807, 2.05) is 43.4 Å². The molecule has 0 aliphatic heterocycles. The molecule has 0 aromatic heterocycles. The maximum Gasteiger partial charge on any atom is 0.472 e. The Bertz CT molecular complexity index is 1600. The number of phosphoric acid groups is 2. The Hall–Kier alpha value is -3.52. The van der Waals surface area contributed by atoms with E-state index < -0.39 is 72.3 Å². The Morgan fingerprint density at radius 2 is 0.984 bits per heavy atom. The van der Waals surface area contributed by atoms with E-state index in [1.165, 1.54) is 0 Å². The van der Waals surface area contributed by atoms with Crippen LogP contribution in [-0.4, -0.2) is 81.6 Å². The van der Waals surface area contributed by atoms with E-state index >= 15 is 0 Å². The Balaban J connectivity index is 4.70. The van der Waals surface area contributed by atoms with Crippen LogP contribution in [0, 0.1) is 0 Å². The van der Waals surface area contributed by atoms with Gasteiger partial charge in [0.1, 0.15) is 12.7 Å². The van der Waals surface area contributed by atoms with Crippen LogP contribution in [0.5, 0.6) is 0 Å². The third-order valence-corrected chi connectivity index (χ3v) is 9.93. The van der Waals surface area contributed by atoms with Crippen molar-refractivity contribution in [3.05, 3.63) is 122 Å². The minimum absolute atomic E-state index is 0.0236. The van der Waals surface area contributed by atoms with E-state index in [2.05, 4.69) is 95.0 Å². The molecule has 14 nitrogen and oxygen atoms in total. The second kappa shape index (κ2) is 42.1. The largest absolute Gasteiger partial charge is 0.472 e. The summed E-state index contributed by atoms with van der Waals surface area (Å²) in [5.41, 5.74) is 0. The quantitative estimate of drug-likeness (QED) is 0.0127. The summed E-state index contributed by atoms with van der Waals surface area (Å²) in [4.78, 5) is 52.7. The third kappa shape index (κ3) is 45.1. The number of ether oxygens (including phenoxy) is 2. The first-order valence-electron chi connectivity index (χ1n) is 22.3. The van der Waals surface area contributed by atoms with Crippen LogP contribution in [0.3, 0.4) is 0 Å². The molecule has 0 bridgehead atoms. The highest BCUT2D eigenvalue weighted by atomic mass is 31.2. The van der Waals surface area contributed by atoms with Gasteiger partial charge in [-0.1, -0.05) is 142 Å². The van der Waals surface area contributed by atoms with Gasteiger partial charge in [0.2, 0.25) is 0 Å². The molecule has 0 saturated carbocycles. The summed E-state index contributed by atoms with van der Waals surface area (Å²) in [5, 5.41) is 19.2. The molecule has 0 aliphatic rings. The number of esters is 2. The normalized spacial score (nSPS) is 15.5. The lowest BCUT2D eigenvalue weighted by Gasteiger charge is -2.20. The number of allylic oxidation sites excluding steroid dienone is 19. The number of aliphatic hydroxyl groups is 2. The number of carbonyl (C=O) groups is 2. The van der Waals surface area contributed by atoms with Crippen LogP contribution in [-0.2, 0) is 41.8 Å². The summed E-state index contributed by atoms with van der Waals surface area (Å²) in [5.74, 6) is -1.17. The first kappa shape index (κ1) is 60.5. The van der Waals surface area contributed by atoms with Crippen molar-refractivity contribution in [1.82, 2.24) is 0 Å². The van der Waals surface area contributed by atoms with Gasteiger partial charge in [-0.3, -0.25) is 23.2 Å². The zero-order chi connectivity index (χ0) is 47.4. The van der Waals surface area contributed by atoms with Gasteiger partial charge in [-0.05, 0) is 89.9 Å². The number of phosphoric ester groups is 2. The number of hydrogen-bond donors (Lipinski definition) is 5. The predicted octanol–water partition coefficient (Wildman–Crippen LogP) is 10.6. The average Bonchev–Trinajstić information content (AvgIpc) is 3.26. The summed E-state index contributed by atoms with van der Waals surface area (Å²) >= 11 is 0. The van der Waals surface area contributed by atoms with E-state index in [4.69, 9.17) is 23.8 Å². The van der Waals surface area contributed by atoms with Gasteiger partial charge < -0.3 is 34.4 Å². The molecule has 0 fully saturated rings. The van der Waals surface area contributed by atoms with Crippen LogP contribution in [0.1, 0.15) is 123 Å². The Morgan fingerprint density at radius 3 is 1.52 bits per heavy atom. The molecule has 0 aromatic rings. The van der Waals surface area contributed by atoms with Gasteiger partial charge in [0.05, 0.1) is 25.9 Å². The van der Waals surface area contributed by atoms with Crippen molar-refractivity contribution in [1.29, 1.82) is 0 Å². The Morgan fingerprint density at radius 1 is 0.516 bits per heavy atom. The van der Waals surface area contributed by atoms with E-state index in [0.717, 1.165) is 70.6 Å². The summed E-state index contributed by atoms with van der Waals surface area (Å²) in [7, 11) is -9.74. The van der Waals surface area contributed by atoms with Crippen molar-refractivity contribution in [2.75, 3.05) is 26.4 Å². The van der Waals surface area contributed by atoms with Crippen LogP contribution >= 0.6 is 15.6 Å². The molecular formula is C48H76O14P2. The molecule has 4 atom stereocenters. The van der Waals surface area contributed by atoms with Crippen LogP contribution in [0.25, 0.3) is 0 Å². The summed E-state index contributed by atoms with van der Waals surface area (Å²) in [6.07, 6.45) is 50.0. The number of aliphatic hydroxyl groups excluding tert-OH is 2. The number of unbranched alkanes of at least 4 members (excludes halogenated alkanes) is 4. The van der Waals surface area contributed by atoms with Crippen molar-refractivity contribution in [2.24, 2.45) is 0 Å². The van der Waals surface area contributed by atoms with Crippen molar-refractivity contribution in [3.8, 4) is 0 Å². The number of rotatable bonds is 40. The van der Waals surface area contributed by atoms with Crippen molar-refractivity contribution in [2.45, 2.75) is 141 Å². The average molecular weight is 939 g/mol. The van der Waals surface area contributed by atoms with E-state index in [1.54, 1.807) is 6.08 Å². The van der Waals surface area contributed by atoms with Gasteiger partial charge in [-0.15, -0.1) is 0 Å². The highest BCUT2D eigenvalue weighted by molar-refractivity contribution is 7.47. The zero-order valence-corrected chi connectivity index (χ0v) is 39.7. The summed E-state index contributed by atoms with van der Waals surface area (Å²) in [6, 6.07) is 0. The van der Waals surface area contributed by atoms with Crippen molar-refractivity contribution >= 4 is 27.6 Å². The molecule has 0 radical (unpaired) electrons. The maximum atomic E-state index is 12.7. The van der Waals surface area contributed by atoms with E-state index in [-0.39, 0.29) is 12.8 Å². The summed E-state index contributed by atoms with van der Waals surface area (Å²) < 4.78 is 47.7. The fourth-order valence-electron chi connectivity index (χ4n) is 5.01. The predicted molar refractivity (Wildman–Crippen MR) is 254 cm³/mol.